The second-order valence-electron chi connectivity index (χ2n) is 5.27. The van der Waals surface area contributed by atoms with Gasteiger partial charge in [-0.25, -0.2) is 9.78 Å². The van der Waals surface area contributed by atoms with Crippen LogP contribution in [-0.4, -0.2) is 31.1 Å². The highest BCUT2D eigenvalue weighted by atomic mass is 32.1. The van der Waals surface area contributed by atoms with E-state index in [1.165, 1.54) is 7.11 Å². The third-order valence-electron chi connectivity index (χ3n) is 3.63. The minimum Gasteiger partial charge on any atom is -0.497 e. The van der Waals surface area contributed by atoms with Gasteiger partial charge < -0.3 is 19.2 Å². The number of nitrogens with one attached hydrogen (secondary N) is 1. The maximum atomic E-state index is 12.3. The fourth-order valence-electron chi connectivity index (χ4n) is 2.40. The molecule has 25 heavy (non-hydrogen) atoms. The zero-order valence-electron chi connectivity index (χ0n) is 13.9. The number of aryl methyl sites for hydroxylation is 1. The fraction of sp³-hybridized carbons (Fsp3) is 0.235. The van der Waals surface area contributed by atoms with Gasteiger partial charge in [0.1, 0.15) is 16.2 Å². The fourth-order valence-corrected chi connectivity index (χ4v) is 3.30. The van der Waals surface area contributed by atoms with Crippen molar-refractivity contribution in [1.82, 2.24) is 4.98 Å². The number of aromatic nitrogens is 1. The quantitative estimate of drug-likeness (QED) is 0.703. The number of amides is 1. The number of anilines is 1. The van der Waals surface area contributed by atoms with E-state index in [9.17, 15) is 9.59 Å². The van der Waals surface area contributed by atoms with E-state index in [4.69, 9.17) is 9.15 Å². The number of ether oxygens (including phenoxy) is 2. The number of hydrogen-bond donors (Lipinski definition) is 1. The molecule has 7 nitrogen and oxygen atoms in total. The smallest absolute Gasteiger partial charge is 0.350 e. The molecule has 0 aliphatic rings. The molecule has 0 aliphatic carbocycles. The second kappa shape index (κ2) is 6.94. The first kappa shape index (κ1) is 17.0. The molecule has 1 aromatic carbocycles. The van der Waals surface area contributed by atoms with E-state index in [2.05, 4.69) is 15.0 Å². The van der Waals surface area contributed by atoms with Crippen LogP contribution in [0, 0.1) is 6.92 Å². The predicted molar refractivity (Wildman–Crippen MR) is 93.3 cm³/mol. The van der Waals surface area contributed by atoms with Gasteiger partial charge in [0, 0.05) is 17.0 Å². The SMILES string of the molecule is COC(=O)c1sc(NC(=O)Cc2coc3cc(OC)ccc23)nc1C. The molecule has 0 spiro atoms. The number of carbonyl (C=O) groups is 2. The Morgan fingerprint density at radius 3 is 2.84 bits per heavy atom. The highest BCUT2D eigenvalue weighted by Gasteiger charge is 2.18. The van der Waals surface area contributed by atoms with Crippen LogP contribution in [0.15, 0.2) is 28.9 Å². The molecule has 0 saturated heterocycles. The van der Waals surface area contributed by atoms with Crippen LogP contribution in [0.1, 0.15) is 20.9 Å². The number of hydrogen-bond acceptors (Lipinski definition) is 7. The van der Waals surface area contributed by atoms with Gasteiger partial charge in [0.05, 0.1) is 32.6 Å². The number of esters is 1. The van der Waals surface area contributed by atoms with Crippen molar-refractivity contribution in [2.24, 2.45) is 0 Å². The Kier molecular flexibility index (Phi) is 4.71. The number of fused-ring (bicyclic) bond motifs is 1. The minimum absolute atomic E-state index is 0.130. The van der Waals surface area contributed by atoms with Crippen LogP contribution >= 0.6 is 11.3 Å². The number of benzene rings is 1. The van der Waals surface area contributed by atoms with E-state index in [-0.39, 0.29) is 12.3 Å². The molecule has 2 heterocycles. The summed E-state index contributed by atoms with van der Waals surface area (Å²) in [4.78, 5) is 28.4. The Bertz CT molecular complexity index is 944. The average molecular weight is 360 g/mol. The Labute approximate surface area is 147 Å². The van der Waals surface area contributed by atoms with Crippen LogP contribution in [0.4, 0.5) is 5.13 Å². The third-order valence-corrected chi connectivity index (χ3v) is 4.68. The van der Waals surface area contributed by atoms with Crippen LogP contribution in [0.2, 0.25) is 0 Å². The van der Waals surface area contributed by atoms with Crippen LogP contribution in [0.25, 0.3) is 11.0 Å². The van der Waals surface area contributed by atoms with Crippen molar-refractivity contribution < 1.29 is 23.5 Å². The lowest BCUT2D eigenvalue weighted by molar-refractivity contribution is -0.115. The summed E-state index contributed by atoms with van der Waals surface area (Å²) < 4.78 is 15.3. The summed E-state index contributed by atoms with van der Waals surface area (Å²) in [6, 6.07) is 5.43. The number of carbonyl (C=O) groups excluding carboxylic acids is 2. The molecular weight excluding hydrogens is 344 g/mol. The molecule has 0 atom stereocenters. The average Bonchev–Trinajstić information content (AvgIpc) is 3.17. The molecule has 0 saturated carbocycles. The van der Waals surface area contributed by atoms with E-state index in [1.807, 2.05) is 12.1 Å². The zero-order chi connectivity index (χ0) is 18.0. The molecule has 0 bridgehead atoms. The molecule has 0 fully saturated rings. The maximum Gasteiger partial charge on any atom is 0.350 e. The van der Waals surface area contributed by atoms with Crippen molar-refractivity contribution in [3.63, 3.8) is 0 Å². The molecule has 3 rings (SSSR count). The van der Waals surface area contributed by atoms with E-state index >= 15 is 0 Å². The van der Waals surface area contributed by atoms with Gasteiger partial charge in [-0.1, -0.05) is 11.3 Å². The monoisotopic (exact) mass is 360 g/mol. The van der Waals surface area contributed by atoms with E-state index in [0.717, 1.165) is 22.3 Å². The van der Waals surface area contributed by atoms with Gasteiger partial charge in [-0.15, -0.1) is 0 Å². The molecule has 0 unspecified atom stereocenters. The second-order valence-corrected chi connectivity index (χ2v) is 6.27. The minimum atomic E-state index is -0.467. The molecule has 3 aromatic rings. The van der Waals surface area contributed by atoms with Crippen LogP contribution in [0.3, 0.4) is 0 Å². The molecular formula is C17H16N2O5S. The summed E-state index contributed by atoms with van der Waals surface area (Å²) in [5, 5.41) is 3.91. The van der Waals surface area contributed by atoms with Gasteiger partial charge in [-0.3, -0.25) is 4.79 Å². The molecule has 0 radical (unpaired) electrons. The van der Waals surface area contributed by atoms with E-state index in [1.54, 1.807) is 26.4 Å². The van der Waals surface area contributed by atoms with Gasteiger partial charge in [-0.05, 0) is 19.1 Å². The van der Waals surface area contributed by atoms with Crippen molar-refractivity contribution in [1.29, 1.82) is 0 Å². The van der Waals surface area contributed by atoms with Crippen molar-refractivity contribution in [2.75, 3.05) is 19.5 Å². The van der Waals surface area contributed by atoms with Gasteiger partial charge in [0.2, 0.25) is 5.91 Å². The molecule has 0 aliphatic heterocycles. The van der Waals surface area contributed by atoms with Crippen LogP contribution < -0.4 is 10.1 Å². The summed E-state index contributed by atoms with van der Waals surface area (Å²) in [6.07, 6.45) is 1.68. The number of methoxy groups -OCH3 is 2. The van der Waals surface area contributed by atoms with Crippen molar-refractivity contribution in [3.8, 4) is 5.75 Å². The molecule has 1 N–H and O–H groups in total. The van der Waals surface area contributed by atoms with Gasteiger partial charge in [0.15, 0.2) is 5.13 Å². The van der Waals surface area contributed by atoms with E-state index < -0.39 is 5.97 Å². The first-order chi connectivity index (χ1) is 12.0. The topological polar surface area (TPSA) is 90.7 Å². The Morgan fingerprint density at radius 1 is 1.32 bits per heavy atom. The third kappa shape index (κ3) is 3.48. The molecule has 8 heteroatoms. The number of rotatable bonds is 5. The summed E-state index contributed by atoms with van der Waals surface area (Å²) in [5.74, 6) is -0.0274. The van der Waals surface area contributed by atoms with Crippen molar-refractivity contribution in [3.05, 3.63) is 40.6 Å². The summed E-state index contributed by atoms with van der Waals surface area (Å²) >= 11 is 1.08. The van der Waals surface area contributed by atoms with Crippen molar-refractivity contribution >= 4 is 39.3 Å². The van der Waals surface area contributed by atoms with Crippen LogP contribution in [-0.2, 0) is 16.0 Å². The highest BCUT2D eigenvalue weighted by Crippen LogP contribution is 2.27. The Hall–Kier alpha value is -2.87. The van der Waals surface area contributed by atoms with Gasteiger partial charge in [-0.2, -0.15) is 0 Å². The molecule has 1 amide bonds. The normalized spacial score (nSPS) is 10.7. The van der Waals surface area contributed by atoms with Crippen molar-refractivity contribution in [2.45, 2.75) is 13.3 Å². The predicted octanol–water partition coefficient (Wildman–Crippen LogP) is 3.17. The Balaban J connectivity index is 1.74. The van der Waals surface area contributed by atoms with Gasteiger partial charge >= 0.3 is 5.97 Å². The first-order valence-corrected chi connectivity index (χ1v) is 8.23. The lowest BCUT2D eigenvalue weighted by atomic mass is 10.1. The Morgan fingerprint density at radius 2 is 2.12 bits per heavy atom. The zero-order valence-corrected chi connectivity index (χ0v) is 14.7. The number of thiazole rings is 1. The summed E-state index contributed by atoms with van der Waals surface area (Å²) in [5.41, 5.74) is 1.94. The number of furan rings is 1. The first-order valence-electron chi connectivity index (χ1n) is 7.41. The maximum absolute atomic E-state index is 12.3. The summed E-state index contributed by atoms with van der Waals surface area (Å²) in [7, 11) is 2.88. The lowest BCUT2D eigenvalue weighted by Gasteiger charge is -2.01. The van der Waals surface area contributed by atoms with E-state index in [0.29, 0.717) is 27.0 Å². The number of nitrogens with zero attached hydrogens (tertiary/aromatic N) is 1. The summed E-state index contributed by atoms with van der Waals surface area (Å²) in [6.45, 7) is 1.69. The lowest BCUT2D eigenvalue weighted by Crippen LogP contribution is -2.13. The standard InChI is InChI=1S/C17H16N2O5S/c1-9-15(16(21)23-3)25-17(18-9)19-14(20)6-10-8-24-13-7-11(22-2)4-5-12(10)13/h4-5,7-8H,6H2,1-3H3,(H,18,19,20). The molecule has 130 valence electrons. The van der Waals surface area contributed by atoms with Crippen LogP contribution in [0.5, 0.6) is 5.75 Å². The highest BCUT2D eigenvalue weighted by molar-refractivity contribution is 7.17. The van der Waals surface area contributed by atoms with Gasteiger partial charge in [0.25, 0.3) is 0 Å². The molecule has 2 aromatic heterocycles. The largest absolute Gasteiger partial charge is 0.497 e.